The van der Waals surface area contributed by atoms with Gasteiger partial charge in [-0.05, 0) is 24.3 Å². The lowest BCUT2D eigenvalue weighted by Gasteiger charge is -2.20. The summed E-state index contributed by atoms with van der Waals surface area (Å²) in [7, 11) is 0. The molecule has 0 atom stereocenters. The number of carbonyl (C=O) groups is 1. The average Bonchev–Trinajstić information content (AvgIpc) is 3.19. The Morgan fingerprint density at radius 2 is 1.42 bits per heavy atom. The van der Waals surface area contributed by atoms with Gasteiger partial charge in [-0.1, -0.05) is 12.1 Å². The molecular formula is C18H17N5O. The summed E-state index contributed by atoms with van der Waals surface area (Å²) < 4.78 is 4.01. The highest BCUT2D eigenvalue weighted by molar-refractivity contribution is 5.73. The summed E-state index contributed by atoms with van der Waals surface area (Å²) in [5.74, 6) is 0.0202. The van der Waals surface area contributed by atoms with Gasteiger partial charge in [0.1, 0.15) is 11.3 Å². The molecule has 120 valence electrons. The molecule has 4 aromatic rings. The number of nitrogens with zero attached hydrogens (tertiary/aromatic N) is 5. The van der Waals surface area contributed by atoms with E-state index in [1.54, 1.807) is 11.8 Å². The van der Waals surface area contributed by atoms with Crippen LogP contribution in [0, 0.1) is 0 Å². The lowest BCUT2D eigenvalue weighted by Crippen LogP contribution is -2.28. The van der Waals surface area contributed by atoms with Crippen LogP contribution in [0.5, 0.6) is 0 Å². The van der Waals surface area contributed by atoms with Gasteiger partial charge in [0, 0.05) is 19.3 Å². The fraction of sp³-hybridized carbons (Fsp3) is 0.167. The Morgan fingerprint density at radius 1 is 0.917 bits per heavy atom. The quantitative estimate of drug-likeness (QED) is 0.581. The van der Waals surface area contributed by atoms with Gasteiger partial charge in [-0.15, -0.1) is 0 Å². The summed E-state index contributed by atoms with van der Waals surface area (Å²) in [5.41, 5.74) is 3.72. The molecule has 6 heteroatoms. The second-order valence-corrected chi connectivity index (χ2v) is 5.73. The molecule has 0 radical (unpaired) electrons. The monoisotopic (exact) mass is 319 g/mol. The molecule has 0 unspecified atom stereocenters. The number of carbonyl (C=O) groups excluding carboxylic acids is 1. The number of pyridine rings is 2. The zero-order valence-electron chi connectivity index (χ0n) is 13.3. The summed E-state index contributed by atoms with van der Waals surface area (Å²) >= 11 is 0. The second kappa shape index (κ2) is 5.81. The molecule has 0 bridgehead atoms. The van der Waals surface area contributed by atoms with Gasteiger partial charge < -0.3 is 13.7 Å². The normalized spacial score (nSPS) is 11.2. The number of imidazole rings is 2. The van der Waals surface area contributed by atoms with Crippen molar-refractivity contribution in [2.24, 2.45) is 0 Å². The molecule has 4 aromatic heterocycles. The summed E-state index contributed by atoms with van der Waals surface area (Å²) in [6.07, 6.45) is 7.56. The molecule has 0 aliphatic carbocycles. The van der Waals surface area contributed by atoms with E-state index >= 15 is 0 Å². The van der Waals surface area contributed by atoms with Crippen LogP contribution in [0.3, 0.4) is 0 Å². The maximum atomic E-state index is 12.1. The van der Waals surface area contributed by atoms with Crippen LogP contribution in [0.15, 0.2) is 61.2 Å². The number of rotatable bonds is 4. The third-order valence-corrected chi connectivity index (χ3v) is 4.14. The molecule has 0 aliphatic rings. The minimum atomic E-state index is 0.0202. The fourth-order valence-electron chi connectivity index (χ4n) is 2.87. The molecule has 0 N–H and O–H groups in total. The maximum absolute atomic E-state index is 12.1. The molecule has 4 heterocycles. The Labute approximate surface area is 139 Å². The largest absolute Gasteiger partial charge is 0.331 e. The Kier molecular flexibility index (Phi) is 3.49. The van der Waals surface area contributed by atoms with E-state index in [0.717, 1.165) is 22.7 Å². The van der Waals surface area contributed by atoms with Crippen LogP contribution in [0.25, 0.3) is 11.3 Å². The number of aromatic nitrogens is 4. The molecule has 0 fully saturated rings. The first-order chi connectivity index (χ1) is 11.7. The molecule has 0 aliphatic heterocycles. The zero-order valence-corrected chi connectivity index (χ0v) is 13.3. The maximum Gasteiger partial charge on any atom is 0.220 e. The van der Waals surface area contributed by atoms with E-state index in [1.165, 1.54) is 0 Å². The summed E-state index contributed by atoms with van der Waals surface area (Å²) in [6, 6.07) is 11.7. The van der Waals surface area contributed by atoms with Crippen molar-refractivity contribution in [3.05, 3.63) is 72.6 Å². The van der Waals surface area contributed by atoms with E-state index in [1.807, 2.05) is 70.0 Å². The van der Waals surface area contributed by atoms with Crippen molar-refractivity contribution < 1.29 is 4.79 Å². The van der Waals surface area contributed by atoms with Crippen LogP contribution in [0.2, 0.25) is 0 Å². The van der Waals surface area contributed by atoms with Crippen LogP contribution in [-0.2, 0) is 17.9 Å². The number of hydrogen-bond acceptors (Lipinski definition) is 3. The highest BCUT2D eigenvalue weighted by Gasteiger charge is 2.15. The minimum absolute atomic E-state index is 0.0202. The van der Waals surface area contributed by atoms with Crippen LogP contribution >= 0.6 is 0 Å². The third-order valence-electron chi connectivity index (χ3n) is 4.14. The van der Waals surface area contributed by atoms with E-state index < -0.39 is 0 Å². The molecule has 0 saturated carbocycles. The predicted octanol–water partition coefficient (Wildman–Crippen LogP) is 2.53. The SMILES string of the molecule is CC(=O)N(Cc1cnc2ccccn12)Cc1cnc2ccccn12. The van der Waals surface area contributed by atoms with Crippen molar-refractivity contribution >= 4 is 17.2 Å². The van der Waals surface area contributed by atoms with Crippen molar-refractivity contribution in [3.8, 4) is 0 Å². The third kappa shape index (κ3) is 2.52. The van der Waals surface area contributed by atoms with E-state index in [-0.39, 0.29) is 5.91 Å². The van der Waals surface area contributed by atoms with Gasteiger partial charge in [0.25, 0.3) is 0 Å². The molecule has 0 saturated heterocycles. The predicted molar refractivity (Wildman–Crippen MR) is 90.3 cm³/mol. The molecule has 4 rings (SSSR count). The van der Waals surface area contributed by atoms with Crippen LogP contribution in [-0.4, -0.2) is 29.6 Å². The minimum Gasteiger partial charge on any atom is -0.331 e. The van der Waals surface area contributed by atoms with E-state index in [0.29, 0.717) is 13.1 Å². The topological polar surface area (TPSA) is 54.9 Å². The summed E-state index contributed by atoms with van der Waals surface area (Å²) in [4.78, 5) is 22.7. The number of amides is 1. The van der Waals surface area contributed by atoms with E-state index in [9.17, 15) is 4.79 Å². The van der Waals surface area contributed by atoms with Crippen molar-refractivity contribution in [3.63, 3.8) is 0 Å². The van der Waals surface area contributed by atoms with Gasteiger partial charge in [-0.3, -0.25) is 4.79 Å². The lowest BCUT2D eigenvalue weighted by atomic mass is 10.3. The van der Waals surface area contributed by atoms with E-state index in [2.05, 4.69) is 9.97 Å². The molecule has 1 amide bonds. The highest BCUT2D eigenvalue weighted by Crippen LogP contribution is 2.14. The first kappa shape index (κ1) is 14.4. The summed E-state index contributed by atoms with van der Waals surface area (Å²) in [5, 5.41) is 0. The van der Waals surface area contributed by atoms with Crippen LogP contribution < -0.4 is 0 Å². The van der Waals surface area contributed by atoms with Crippen LogP contribution in [0.4, 0.5) is 0 Å². The van der Waals surface area contributed by atoms with Gasteiger partial charge in [0.15, 0.2) is 0 Å². The van der Waals surface area contributed by atoms with Gasteiger partial charge >= 0.3 is 0 Å². The van der Waals surface area contributed by atoms with Crippen LogP contribution in [0.1, 0.15) is 18.3 Å². The Hall–Kier alpha value is -3.15. The zero-order chi connectivity index (χ0) is 16.5. The highest BCUT2D eigenvalue weighted by atomic mass is 16.2. The lowest BCUT2D eigenvalue weighted by molar-refractivity contribution is -0.130. The molecular weight excluding hydrogens is 302 g/mol. The van der Waals surface area contributed by atoms with E-state index in [4.69, 9.17) is 0 Å². The van der Waals surface area contributed by atoms with Crippen molar-refractivity contribution in [1.82, 2.24) is 23.7 Å². The first-order valence-electron chi connectivity index (χ1n) is 7.80. The fourth-order valence-corrected chi connectivity index (χ4v) is 2.87. The van der Waals surface area contributed by atoms with Gasteiger partial charge in [-0.25, -0.2) is 9.97 Å². The number of hydrogen-bond donors (Lipinski definition) is 0. The average molecular weight is 319 g/mol. The Morgan fingerprint density at radius 3 is 1.88 bits per heavy atom. The van der Waals surface area contributed by atoms with Gasteiger partial charge in [0.2, 0.25) is 5.91 Å². The smallest absolute Gasteiger partial charge is 0.220 e. The van der Waals surface area contributed by atoms with Gasteiger partial charge in [0.05, 0.1) is 36.9 Å². The molecule has 0 aromatic carbocycles. The standard InChI is InChI=1S/C18H17N5O/c1-14(24)21(12-15-10-19-17-6-2-4-8-22(15)17)13-16-11-20-18-7-3-5-9-23(16)18/h2-11H,12-13H2,1H3. The molecule has 24 heavy (non-hydrogen) atoms. The Bertz CT molecular complexity index is 940. The molecule has 6 nitrogen and oxygen atoms in total. The van der Waals surface area contributed by atoms with Crippen molar-refractivity contribution in [1.29, 1.82) is 0 Å². The Balaban J connectivity index is 1.64. The van der Waals surface area contributed by atoms with Gasteiger partial charge in [-0.2, -0.15) is 0 Å². The second-order valence-electron chi connectivity index (χ2n) is 5.73. The number of fused-ring (bicyclic) bond motifs is 2. The molecule has 0 spiro atoms. The summed E-state index contributed by atoms with van der Waals surface area (Å²) in [6.45, 7) is 2.59. The van der Waals surface area contributed by atoms with Crippen molar-refractivity contribution in [2.45, 2.75) is 20.0 Å². The van der Waals surface area contributed by atoms with Crippen molar-refractivity contribution in [2.75, 3.05) is 0 Å². The first-order valence-corrected chi connectivity index (χ1v) is 7.80.